The van der Waals surface area contributed by atoms with Gasteiger partial charge in [-0.1, -0.05) is 68.4 Å². The monoisotopic (exact) mass is 500 g/mol. The van der Waals surface area contributed by atoms with Gasteiger partial charge in [0.2, 0.25) is 0 Å². The van der Waals surface area contributed by atoms with Crippen molar-refractivity contribution in [2.24, 2.45) is 16.6 Å². The van der Waals surface area contributed by atoms with Crippen molar-refractivity contribution in [3.05, 3.63) is 107 Å². The third-order valence-electron chi connectivity index (χ3n) is 6.76. The van der Waals surface area contributed by atoms with Gasteiger partial charge in [-0.15, -0.1) is 0 Å². The van der Waals surface area contributed by atoms with Crippen LogP contribution < -0.4 is 5.73 Å². The lowest BCUT2D eigenvalue weighted by Gasteiger charge is -2.31. The number of aliphatic imine (C=N–C) groups is 1. The second kappa shape index (κ2) is 10.5. The minimum atomic E-state index is -1.07. The number of halogens is 1. The number of carbonyl (C=O) groups is 2. The number of carbonyl (C=O) groups excluding carboxylic acids is 2. The third kappa shape index (κ3) is 5.26. The van der Waals surface area contributed by atoms with Gasteiger partial charge in [0.25, 0.3) is 11.8 Å². The molecule has 3 aromatic rings. The van der Waals surface area contributed by atoms with Crippen LogP contribution in [0.25, 0.3) is 0 Å². The van der Waals surface area contributed by atoms with Gasteiger partial charge in [0.15, 0.2) is 11.5 Å². The molecule has 0 saturated carbocycles. The number of amides is 2. The summed E-state index contributed by atoms with van der Waals surface area (Å²) in [4.78, 5) is 35.0. The maximum Gasteiger partial charge on any atom is 0.262 e. The van der Waals surface area contributed by atoms with E-state index in [4.69, 9.17) is 10.7 Å². The van der Waals surface area contributed by atoms with Crippen LogP contribution >= 0.6 is 0 Å². The predicted octanol–water partition coefficient (Wildman–Crippen LogP) is 5.26. The normalized spacial score (nSPS) is 18.2. The second-order valence-electron chi connectivity index (χ2n) is 10.1. The first-order valence-electron chi connectivity index (χ1n) is 12.5. The molecule has 192 valence electrons. The number of hydrogen-bond acceptors (Lipinski definition) is 4. The average molecular weight is 501 g/mol. The van der Waals surface area contributed by atoms with Crippen LogP contribution in [-0.4, -0.2) is 34.6 Å². The fourth-order valence-electron chi connectivity index (χ4n) is 4.95. The van der Waals surface area contributed by atoms with Crippen molar-refractivity contribution in [3.8, 4) is 0 Å². The molecule has 0 aliphatic carbocycles. The van der Waals surface area contributed by atoms with Crippen LogP contribution in [0.15, 0.2) is 83.9 Å². The molecule has 3 aromatic carbocycles. The van der Waals surface area contributed by atoms with Gasteiger partial charge in [0.1, 0.15) is 5.82 Å². The molecule has 6 nitrogen and oxygen atoms in total. The molecule has 1 aliphatic heterocycles. The summed E-state index contributed by atoms with van der Waals surface area (Å²) in [6.07, 6.45) is 0.534. The van der Waals surface area contributed by atoms with Crippen molar-refractivity contribution in [3.63, 3.8) is 0 Å². The smallest absolute Gasteiger partial charge is 0.262 e. The van der Waals surface area contributed by atoms with Gasteiger partial charge < -0.3 is 10.6 Å². The summed E-state index contributed by atoms with van der Waals surface area (Å²) in [5.41, 5.74) is 8.24. The second-order valence-corrected chi connectivity index (χ2v) is 10.1. The molecule has 0 spiro atoms. The van der Waals surface area contributed by atoms with Crippen LogP contribution in [0.3, 0.4) is 0 Å². The van der Waals surface area contributed by atoms with Gasteiger partial charge in [0, 0.05) is 19.2 Å². The molecule has 4 rings (SSSR count). The quantitative estimate of drug-likeness (QED) is 0.458. The van der Waals surface area contributed by atoms with Crippen LogP contribution in [0.2, 0.25) is 0 Å². The zero-order valence-corrected chi connectivity index (χ0v) is 21.7. The Morgan fingerprint density at radius 1 is 1.03 bits per heavy atom. The van der Waals surface area contributed by atoms with Crippen LogP contribution in [0, 0.1) is 11.7 Å². The first kappa shape index (κ1) is 26.1. The van der Waals surface area contributed by atoms with Crippen molar-refractivity contribution in [1.29, 1.82) is 0 Å². The van der Waals surface area contributed by atoms with Crippen molar-refractivity contribution in [2.45, 2.75) is 45.3 Å². The van der Waals surface area contributed by atoms with Crippen molar-refractivity contribution in [1.82, 2.24) is 9.80 Å². The molecule has 37 heavy (non-hydrogen) atoms. The summed E-state index contributed by atoms with van der Waals surface area (Å²) in [5, 5.41) is 0. The first-order chi connectivity index (χ1) is 17.6. The zero-order chi connectivity index (χ0) is 26.7. The van der Waals surface area contributed by atoms with E-state index in [-0.39, 0.29) is 29.5 Å². The first-order valence-corrected chi connectivity index (χ1v) is 12.5. The molecule has 1 heterocycles. The van der Waals surface area contributed by atoms with Crippen LogP contribution in [0.1, 0.15) is 60.3 Å². The fraction of sp³-hybridized carbons (Fsp3) is 0.300. The Hall–Kier alpha value is -4.00. The molecule has 2 N–H and O–H groups in total. The lowest BCUT2D eigenvalue weighted by atomic mass is 9.82. The molecule has 0 unspecified atom stereocenters. The Balaban J connectivity index is 1.59. The highest BCUT2D eigenvalue weighted by Gasteiger charge is 2.50. The lowest BCUT2D eigenvalue weighted by molar-refractivity contribution is -0.133. The summed E-state index contributed by atoms with van der Waals surface area (Å²) in [5.74, 6) is -0.266. The lowest BCUT2D eigenvalue weighted by Crippen LogP contribution is -2.44. The number of hydrogen-bond donors (Lipinski definition) is 1. The summed E-state index contributed by atoms with van der Waals surface area (Å²) < 4.78 is 13.2. The maximum atomic E-state index is 14.0. The molecule has 0 aromatic heterocycles. The Morgan fingerprint density at radius 2 is 1.70 bits per heavy atom. The minimum Gasteiger partial charge on any atom is -0.369 e. The topological polar surface area (TPSA) is 79.0 Å². The highest BCUT2D eigenvalue weighted by Crippen LogP contribution is 2.41. The number of nitrogens with zero attached hydrogens (tertiary/aromatic N) is 3. The fourth-order valence-corrected chi connectivity index (χ4v) is 4.95. The Kier molecular flexibility index (Phi) is 7.43. The van der Waals surface area contributed by atoms with E-state index >= 15 is 0 Å². The minimum absolute atomic E-state index is 0.164. The zero-order valence-electron chi connectivity index (χ0n) is 21.7. The van der Waals surface area contributed by atoms with Crippen molar-refractivity contribution in [2.75, 3.05) is 7.05 Å². The third-order valence-corrected chi connectivity index (χ3v) is 6.76. The van der Waals surface area contributed by atoms with E-state index in [1.54, 1.807) is 47.2 Å². The van der Waals surface area contributed by atoms with Gasteiger partial charge in [-0.2, -0.15) is 0 Å². The summed E-state index contributed by atoms with van der Waals surface area (Å²) in [6.45, 7) is 6.36. The SMILES string of the molecule is CC(C)C[C@]1(c2ccccc2)N=C(N)N([C@H](C)c2cccc(C(=O)N(C)Cc3ccc(F)cc3)c2)C1=O. The van der Waals surface area contributed by atoms with Gasteiger partial charge in [-0.25, -0.2) is 9.38 Å². The molecule has 0 saturated heterocycles. The van der Waals surface area contributed by atoms with E-state index in [9.17, 15) is 14.0 Å². The molecule has 2 amide bonds. The van der Waals surface area contributed by atoms with E-state index in [0.29, 0.717) is 18.5 Å². The largest absolute Gasteiger partial charge is 0.369 e. The van der Waals surface area contributed by atoms with Gasteiger partial charge >= 0.3 is 0 Å². The van der Waals surface area contributed by atoms with Crippen molar-refractivity contribution < 1.29 is 14.0 Å². The molecule has 0 radical (unpaired) electrons. The van der Waals surface area contributed by atoms with Gasteiger partial charge in [-0.05, 0) is 60.2 Å². The van der Waals surface area contributed by atoms with E-state index in [2.05, 4.69) is 13.8 Å². The summed E-state index contributed by atoms with van der Waals surface area (Å²) >= 11 is 0. The van der Waals surface area contributed by atoms with Crippen LogP contribution in [-0.2, 0) is 16.9 Å². The highest BCUT2D eigenvalue weighted by molar-refractivity contribution is 6.07. The molecule has 0 bridgehead atoms. The molecule has 7 heteroatoms. The molecular formula is C30H33FN4O2. The van der Waals surface area contributed by atoms with E-state index < -0.39 is 11.6 Å². The Bertz CT molecular complexity index is 1310. The van der Waals surface area contributed by atoms with Crippen LogP contribution in [0.4, 0.5) is 4.39 Å². The Labute approximate surface area is 217 Å². The molecule has 1 aliphatic rings. The summed E-state index contributed by atoms with van der Waals surface area (Å²) in [6, 6.07) is 22.4. The van der Waals surface area contributed by atoms with Gasteiger partial charge in [-0.3, -0.25) is 14.5 Å². The summed E-state index contributed by atoms with van der Waals surface area (Å²) in [7, 11) is 1.70. The van der Waals surface area contributed by atoms with Gasteiger partial charge in [0.05, 0.1) is 6.04 Å². The number of rotatable bonds is 8. The molecule has 0 fully saturated rings. The number of guanidine groups is 1. The predicted molar refractivity (Wildman–Crippen MR) is 143 cm³/mol. The highest BCUT2D eigenvalue weighted by atomic mass is 19.1. The van der Waals surface area contributed by atoms with Crippen LogP contribution in [0.5, 0.6) is 0 Å². The molecular weight excluding hydrogens is 467 g/mol. The maximum absolute atomic E-state index is 14.0. The van der Waals surface area contributed by atoms with Crippen molar-refractivity contribution >= 4 is 17.8 Å². The Morgan fingerprint density at radius 3 is 2.35 bits per heavy atom. The van der Waals surface area contributed by atoms with E-state index in [1.807, 2.05) is 43.3 Å². The number of benzene rings is 3. The van der Waals surface area contributed by atoms with E-state index in [1.165, 1.54) is 12.1 Å². The number of nitrogens with two attached hydrogens (primary N) is 1. The standard InChI is InChI=1S/C30H33FN4O2/c1-20(2)18-30(25-11-6-5-7-12-25)28(37)35(29(32)33-30)21(3)23-9-8-10-24(17-23)27(36)34(4)19-22-13-15-26(31)16-14-22/h5-17,20-21H,18-19H2,1-4H3,(H2,32,33)/t21-,30-/m1/s1. The average Bonchev–Trinajstić information content (AvgIpc) is 3.14. The molecule has 2 atom stereocenters. The van der Waals surface area contributed by atoms with E-state index in [0.717, 1.165) is 16.7 Å².